The van der Waals surface area contributed by atoms with E-state index in [1.807, 2.05) is 36.4 Å². The lowest BCUT2D eigenvalue weighted by Gasteiger charge is -2.23. The highest BCUT2D eigenvalue weighted by molar-refractivity contribution is 7.58. The molecule has 2 aromatic carbocycles. The molecule has 0 saturated heterocycles. The first-order chi connectivity index (χ1) is 11.5. The van der Waals surface area contributed by atoms with Crippen LogP contribution in [0.5, 0.6) is 0 Å². The van der Waals surface area contributed by atoms with Gasteiger partial charge in [-0.05, 0) is 24.8 Å². The third kappa shape index (κ3) is 5.63. The maximum absolute atomic E-state index is 12.7. The molecular weight excluding hydrogens is 323 g/mol. The molecule has 0 bridgehead atoms. The molecule has 4 nitrogen and oxygen atoms in total. The van der Waals surface area contributed by atoms with Crippen LogP contribution in [0.2, 0.25) is 0 Å². The van der Waals surface area contributed by atoms with Gasteiger partial charge in [0.15, 0.2) is 0 Å². The van der Waals surface area contributed by atoms with Crippen LogP contribution >= 0.6 is 7.37 Å². The molecule has 24 heavy (non-hydrogen) atoms. The van der Waals surface area contributed by atoms with E-state index in [9.17, 15) is 14.3 Å². The molecule has 0 aliphatic carbocycles. The Bertz CT molecular complexity index is 685. The Kier molecular flexibility index (Phi) is 6.77. The van der Waals surface area contributed by atoms with Gasteiger partial charge in [0.2, 0.25) is 13.2 Å². The van der Waals surface area contributed by atoms with Crippen molar-refractivity contribution in [1.82, 2.24) is 0 Å². The number of benzene rings is 2. The highest BCUT2D eigenvalue weighted by Crippen LogP contribution is 2.56. The fourth-order valence-corrected chi connectivity index (χ4v) is 4.45. The van der Waals surface area contributed by atoms with Crippen molar-refractivity contribution in [2.75, 3.05) is 6.16 Å². The van der Waals surface area contributed by atoms with Gasteiger partial charge in [0.05, 0.1) is 0 Å². The van der Waals surface area contributed by atoms with E-state index < -0.39 is 19.2 Å². The van der Waals surface area contributed by atoms with Crippen molar-refractivity contribution >= 4 is 13.3 Å². The molecule has 2 atom stereocenters. The van der Waals surface area contributed by atoms with E-state index in [0.29, 0.717) is 12.0 Å². The summed E-state index contributed by atoms with van der Waals surface area (Å²) in [7, 11) is -3.64. The summed E-state index contributed by atoms with van der Waals surface area (Å²) in [5.41, 5.74) is 1.77. The second-order valence-electron chi connectivity index (χ2n) is 5.79. The van der Waals surface area contributed by atoms with Gasteiger partial charge in [-0.3, -0.25) is 9.36 Å². The van der Waals surface area contributed by atoms with Crippen molar-refractivity contribution < 1.29 is 19.0 Å². The SMILES string of the molecule is CC(=O)O[C@H](c1ccccc1)P(=O)(O)CCCCc1ccccc1. The molecular formula is C19H23O4P. The van der Waals surface area contributed by atoms with E-state index >= 15 is 0 Å². The van der Waals surface area contributed by atoms with Crippen molar-refractivity contribution in [3.05, 3.63) is 71.8 Å². The number of hydrogen-bond donors (Lipinski definition) is 1. The van der Waals surface area contributed by atoms with E-state index in [1.54, 1.807) is 24.3 Å². The molecule has 0 aliphatic heterocycles. The minimum atomic E-state index is -3.64. The van der Waals surface area contributed by atoms with E-state index in [4.69, 9.17) is 4.74 Å². The Hall–Kier alpha value is -1.90. The summed E-state index contributed by atoms with van der Waals surface area (Å²) < 4.78 is 17.9. The van der Waals surface area contributed by atoms with Gasteiger partial charge in [-0.2, -0.15) is 0 Å². The number of rotatable bonds is 8. The molecule has 0 spiro atoms. The Morgan fingerprint density at radius 3 is 2.21 bits per heavy atom. The third-order valence-electron chi connectivity index (χ3n) is 3.77. The molecule has 0 heterocycles. The van der Waals surface area contributed by atoms with Crippen LogP contribution in [0, 0.1) is 0 Å². The molecule has 2 aromatic rings. The summed E-state index contributed by atoms with van der Waals surface area (Å²) in [5, 5.41) is 0. The molecule has 128 valence electrons. The predicted molar refractivity (Wildman–Crippen MR) is 95.0 cm³/mol. The highest BCUT2D eigenvalue weighted by Gasteiger charge is 2.34. The summed E-state index contributed by atoms with van der Waals surface area (Å²) in [6.45, 7) is 1.26. The lowest BCUT2D eigenvalue weighted by Crippen LogP contribution is -2.11. The number of ether oxygens (including phenoxy) is 1. The van der Waals surface area contributed by atoms with E-state index in [1.165, 1.54) is 12.5 Å². The Morgan fingerprint density at radius 1 is 1.04 bits per heavy atom. The quantitative estimate of drug-likeness (QED) is 0.433. The first-order valence-corrected chi connectivity index (χ1v) is 9.98. The van der Waals surface area contributed by atoms with Gasteiger partial charge >= 0.3 is 5.97 Å². The van der Waals surface area contributed by atoms with Gasteiger partial charge in [0.25, 0.3) is 0 Å². The average Bonchev–Trinajstić information content (AvgIpc) is 2.58. The summed E-state index contributed by atoms with van der Waals surface area (Å²) in [4.78, 5) is 21.8. The number of carbonyl (C=O) groups is 1. The van der Waals surface area contributed by atoms with Crippen molar-refractivity contribution in [1.29, 1.82) is 0 Å². The second kappa shape index (κ2) is 8.81. The van der Waals surface area contributed by atoms with E-state index in [-0.39, 0.29) is 6.16 Å². The van der Waals surface area contributed by atoms with Crippen molar-refractivity contribution in [2.45, 2.75) is 32.0 Å². The largest absolute Gasteiger partial charge is 0.447 e. The maximum Gasteiger partial charge on any atom is 0.303 e. The zero-order valence-corrected chi connectivity index (χ0v) is 14.7. The van der Waals surface area contributed by atoms with Crippen LogP contribution in [0.3, 0.4) is 0 Å². The molecule has 5 heteroatoms. The molecule has 1 N–H and O–H groups in total. The summed E-state index contributed by atoms with van der Waals surface area (Å²) in [6.07, 6.45) is 2.42. The standard InChI is InChI=1S/C19H23O4P/c1-16(20)23-19(18-13-6-3-7-14-18)24(21,22)15-9-8-12-17-10-4-2-5-11-17/h2-7,10-11,13-14,19H,8-9,12,15H2,1H3,(H,21,22)/t19-/m0/s1. The normalized spacial score (nSPS) is 14.6. The van der Waals surface area contributed by atoms with Crippen LogP contribution in [0.1, 0.15) is 36.7 Å². The number of hydrogen-bond acceptors (Lipinski definition) is 3. The number of aryl methyl sites for hydroxylation is 1. The van der Waals surface area contributed by atoms with Crippen LogP contribution < -0.4 is 0 Å². The van der Waals surface area contributed by atoms with Crippen molar-refractivity contribution in [2.24, 2.45) is 0 Å². The van der Waals surface area contributed by atoms with Gasteiger partial charge in [-0.1, -0.05) is 60.7 Å². The highest BCUT2D eigenvalue weighted by atomic mass is 31.2. The topological polar surface area (TPSA) is 63.6 Å². The molecule has 2 rings (SSSR count). The minimum Gasteiger partial charge on any atom is -0.447 e. The van der Waals surface area contributed by atoms with Crippen molar-refractivity contribution in [3.63, 3.8) is 0 Å². The molecule has 0 aliphatic rings. The molecule has 0 fully saturated rings. The number of esters is 1. The summed E-state index contributed by atoms with van der Waals surface area (Å²) in [6, 6.07) is 18.8. The van der Waals surface area contributed by atoms with Crippen LogP contribution in [0.15, 0.2) is 60.7 Å². The first-order valence-electron chi connectivity index (χ1n) is 8.06. The van der Waals surface area contributed by atoms with Gasteiger partial charge in [-0.25, -0.2) is 0 Å². The van der Waals surface area contributed by atoms with Gasteiger partial charge in [-0.15, -0.1) is 0 Å². The summed E-state index contributed by atoms with van der Waals surface area (Å²) in [5.74, 6) is -1.64. The fraction of sp³-hybridized carbons (Fsp3) is 0.316. The van der Waals surface area contributed by atoms with Gasteiger partial charge in [0, 0.05) is 18.6 Å². The number of carbonyl (C=O) groups excluding carboxylic acids is 1. The summed E-state index contributed by atoms with van der Waals surface area (Å²) >= 11 is 0. The monoisotopic (exact) mass is 346 g/mol. The molecule has 0 radical (unpaired) electrons. The van der Waals surface area contributed by atoms with E-state index in [0.717, 1.165) is 12.8 Å². The van der Waals surface area contributed by atoms with E-state index in [2.05, 4.69) is 0 Å². The first kappa shape index (κ1) is 18.4. The Morgan fingerprint density at radius 2 is 1.62 bits per heavy atom. The lowest BCUT2D eigenvalue weighted by atomic mass is 10.1. The van der Waals surface area contributed by atoms with Crippen LogP contribution in [-0.2, 0) is 20.5 Å². The smallest absolute Gasteiger partial charge is 0.303 e. The zero-order chi connectivity index (χ0) is 17.4. The van der Waals surface area contributed by atoms with Gasteiger partial charge < -0.3 is 9.63 Å². The molecule has 0 saturated carbocycles. The van der Waals surface area contributed by atoms with Crippen LogP contribution in [0.4, 0.5) is 0 Å². The third-order valence-corrected chi connectivity index (χ3v) is 5.86. The van der Waals surface area contributed by atoms with Crippen LogP contribution in [0.25, 0.3) is 0 Å². The zero-order valence-electron chi connectivity index (χ0n) is 13.8. The Balaban J connectivity index is 1.97. The maximum atomic E-state index is 12.7. The molecule has 0 aromatic heterocycles. The fourth-order valence-electron chi connectivity index (χ4n) is 2.59. The Labute approximate surface area is 142 Å². The second-order valence-corrected chi connectivity index (χ2v) is 8.22. The van der Waals surface area contributed by atoms with Crippen LogP contribution in [-0.4, -0.2) is 17.0 Å². The molecule has 0 amide bonds. The number of unbranched alkanes of at least 4 members (excludes halogenated alkanes) is 1. The average molecular weight is 346 g/mol. The van der Waals surface area contributed by atoms with Gasteiger partial charge in [0.1, 0.15) is 0 Å². The minimum absolute atomic E-state index is 0.132. The predicted octanol–water partition coefficient (Wildman–Crippen LogP) is 4.54. The lowest BCUT2D eigenvalue weighted by molar-refractivity contribution is -0.143. The molecule has 1 unspecified atom stereocenters. The van der Waals surface area contributed by atoms with Crippen molar-refractivity contribution in [3.8, 4) is 0 Å².